The van der Waals surface area contributed by atoms with Gasteiger partial charge in [0.15, 0.2) is 6.10 Å². The van der Waals surface area contributed by atoms with E-state index in [0.717, 1.165) is 38.5 Å². The first kappa shape index (κ1) is 54.8. The van der Waals surface area contributed by atoms with Crippen molar-refractivity contribution < 1.29 is 42.1 Å². The second kappa shape index (κ2) is 39.2. The number of phosphoric acid groups is 1. The predicted molar refractivity (Wildman–Crippen MR) is 231 cm³/mol. The second-order valence-electron chi connectivity index (χ2n) is 17.1. The Bertz CT molecular complexity index is 969. The van der Waals surface area contributed by atoms with Crippen LogP contribution in [0, 0.1) is 0 Å². The van der Waals surface area contributed by atoms with Crippen molar-refractivity contribution in [3.05, 3.63) is 12.2 Å². The number of hydrogen-bond acceptors (Lipinski definition) is 8. The normalized spacial score (nSPS) is 13.6. The summed E-state index contributed by atoms with van der Waals surface area (Å²) in [6.07, 6.45) is 41.0. The Morgan fingerprint density at radius 2 is 0.911 bits per heavy atom. The van der Waals surface area contributed by atoms with E-state index in [4.69, 9.17) is 18.5 Å². The molecule has 0 bridgehead atoms. The SMILES string of the molecule is CCCCCCCC/C=C/CCCCCCCCCCCCCC(=O)O[C@H](COC(=O)CCCCCCCCCCCCC)COP(=O)([O-])OCC[N+](C)(C)C. The molecular formula is C46H90NO8P. The Labute approximate surface area is 346 Å². The van der Waals surface area contributed by atoms with E-state index in [-0.39, 0.29) is 32.0 Å². The number of carbonyl (C=O) groups excluding carboxylic acids is 2. The van der Waals surface area contributed by atoms with E-state index < -0.39 is 26.5 Å². The summed E-state index contributed by atoms with van der Waals surface area (Å²) in [7, 11) is 1.18. The summed E-state index contributed by atoms with van der Waals surface area (Å²) in [4.78, 5) is 37.5. The number of hydrogen-bond donors (Lipinski definition) is 0. The molecule has 56 heavy (non-hydrogen) atoms. The second-order valence-corrected chi connectivity index (χ2v) is 18.5. The van der Waals surface area contributed by atoms with Gasteiger partial charge in [0.2, 0.25) is 0 Å². The van der Waals surface area contributed by atoms with Crippen LogP contribution in [0.25, 0.3) is 0 Å². The van der Waals surface area contributed by atoms with Gasteiger partial charge in [-0.15, -0.1) is 0 Å². The molecule has 0 saturated carbocycles. The van der Waals surface area contributed by atoms with Crippen molar-refractivity contribution in [2.24, 2.45) is 0 Å². The molecule has 10 heteroatoms. The fourth-order valence-electron chi connectivity index (χ4n) is 6.59. The van der Waals surface area contributed by atoms with E-state index in [1.165, 1.54) is 148 Å². The first-order valence-corrected chi connectivity index (χ1v) is 24.9. The van der Waals surface area contributed by atoms with Gasteiger partial charge in [-0.2, -0.15) is 0 Å². The molecule has 1 unspecified atom stereocenters. The molecule has 0 N–H and O–H groups in total. The first-order valence-electron chi connectivity index (χ1n) is 23.4. The zero-order chi connectivity index (χ0) is 41.4. The fraction of sp³-hybridized carbons (Fsp3) is 0.913. The van der Waals surface area contributed by atoms with Gasteiger partial charge in [-0.3, -0.25) is 14.2 Å². The molecular weight excluding hydrogens is 725 g/mol. The maximum absolute atomic E-state index is 12.7. The molecule has 0 aromatic carbocycles. The van der Waals surface area contributed by atoms with Crippen LogP contribution in [0.5, 0.6) is 0 Å². The molecule has 332 valence electrons. The Balaban J connectivity index is 4.23. The molecule has 2 atom stereocenters. The van der Waals surface area contributed by atoms with Crippen molar-refractivity contribution in [2.75, 3.05) is 47.5 Å². The van der Waals surface area contributed by atoms with Crippen LogP contribution in [-0.2, 0) is 32.7 Å². The smallest absolute Gasteiger partial charge is 0.306 e. The first-order chi connectivity index (χ1) is 27.0. The molecule has 9 nitrogen and oxygen atoms in total. The Kier molecular flexibility index (Phi) is 38.3. The predicted octanol–water partition coefficient (Wildman–Crippen LogP) is 12.7. The Morgan fingerprint density at radius 3 is 1.32 bits per heavy atom. The third-order valence-electron chi connectivity index (χ3n) is 10.3. The fourth-order valence-corrected chi connectivity index (χ4v) is 7.32. The molecule has 0 heterocycles. The number of allylic oxidation sites excluding steroid dienone is 2. The van der Waals surface area contributed by atoms with Crippen molar-refractivity contribution in [3.8, 4) is 0 Å². The number of quaternary nitrogens is 1. The lowest BCUT2D eigenvalue weighted by molar-refractivity contribution is -0.870. The lowest BCUT2D eigenvalue weighted by Gasteiger charge is -2.28. The minimum atomic E-state index is -4.62. The topological polar surface area (TPSA) is 111 Å². The van der Waals surface area contributed by atoms with Crippen LogP contribution in [-0.4, -0.2) is 70.0 Å². The van der Waals surface area contributed by atoms with Crippen molar-refractivity contribution in [1.82, 2.24) is 0 Å². The number of unbranched alkanes of at least 4 members (excludes halogenated alkanes) is 27. The van der Waals surface area contributed by atoms with Crippen LogP contribution in [0.3, 0.4) is 0 Å². The van der Waals surface area contributed by atoms with Gasteiger partial charge in [0.05, 0.1) is 27.7 Å². The molecule has 0 aliphatic rings. The molecule has 0 amide bonds. The van der Waals surface area contributed by atoms with Crippen molar-refractivity contribution >= 4 is 19.8 Å². The highest BCUT2D eigenvalue weighted by atomic mass is 31.2. The number of esters is 2. The van der Waals surface area contributed by atoms with Crippen molar-refractivity contribution in [3.63, 3.8) is 0 Å². The van der Waals surface area contributed by atoms with Gasteiger partial charge in [-0.25, -0.2) is 0 Å². The van der Waals surface area contributed by atoms with Crippen LogP contribution in [0.1, 0.15) is 219 Å². The number of phosphoric ester groups is 1. The molecule has 0 aromatic rings. The van der Waals surface area contributed by atoms with E-state index in [1.54, 1.807) is 0 Å². The maximum atomic E-state index is 12.7. The molecule has 0 aliphatic carbocycles. The minimum Gasteiger partial charge on any atom is -0.756 e. The number of nitrogens with zero attached hydrogens (tertiary/aromatic N) is 1. The molecule has 0 saturated heterocycles. The van der Waals surface area contributed by atoms with E-state index >= 15 is 0 Å². The molecule has 0 radical (unpaired) electrons. The van der Waals surface area contributed by atoms with Crippen LogP contribution in [0.15, 0.2) is 12.2 Å². The minimum absolute atomic E-state index is 0.0276. The summed E-state index contributed by atoms with van der Waals surface area (Å²) >= 11 is 0. The van der Waals surface area contributed by atoms with Crippen molar-refractivity contribution in [1.29, 1.82) is 0 Å². The third-order valence-corrected chi connectivity index (χ3v) is 11.2. The van der Waals surface area contributed by atoms with Gasteiger partial charge in [-0.1, -0.05) is 180 Å². The standard InChI is InChI=1S/C46H90NO8P/c1-6-8-10-12-14-16-18-19-20-21-22-23-24-25-26-27-29-31-33-35-37-39-46(49)55-44(43-54-56(50,51)53-41-40-47(3,4)5)42-52-45(48)38-36-34-32-30-28-17-15-13-11-9-7-2/h19-20,44H,6-18,21-43H2,1-5H3/b20-19+/t44-/m1/s1. The summed E-state index contributed by atoms with van der Waals surface area (Å²) in [6.45, 7) is 4.24. The summed E-state index contributed by atoms with van der Waals surface area (Å²) < 4.78 is 33.9. The molecule has 0 aromatic heterocycles. The van der Waals surface area contributed by atoms with E-state index in [9.17, 15) is 19.0 Å². The van der Waals surface area contributed by atoms with E-state index in [1.807, 2.05) is 21.1 Å². The lowest BCUT2D eigenvalue weighted by Crippen LogP contribution is -2.37. The summed E-state index contributed by atoms with van der Waals surface area (Å²) in [5.74, 6) is -0.826. The molecule has 0 spiro atoms. The van der Waals surface area contributed by atoms with Crippen LogP contribution in [0.2, 0.25) is 0 Å². The maximum Gasteiger partial charge on any atom is 0.306 e. The zero-order valence-electron chi connectivity index (χ0n) is 37.3. The summed E-state index contributed by atoms with van der Waals surface area (Å²) in [5, 5.41) is 0. The van der Waals surface area contributed by atoms with Crippen LogP contribution < -0.4 is 4.89 Å². The molecule has 0 fully saturated rings. The van der Waals surface area contributed by atoms with Crippen molar-refractivity contribution in [2.45, 2.75) is 225 Å². The van der Waals surface area contributed by atoms with Crippen LogP contribution in [0.4, 0.5) is 0 Å². The highest BCUT2D eigenvalue weighted by molar-refractivity contribution is 7.45. The third kappa shape index (κ3) is 42.4. The molecule has 0 aliphatic heterocycles. The number of rotatable bonds is 43. The lowest BCUT2D eigenvalue weighted by atomic mass is 10.0. The highest BCUT2D eigenvalue weighted by Crippen LogP contribution is 2.38. The monoisotopic (exact) mass is 816 g/mol. The average molecular weight is 816 g/mol. The van der Waals surface area contributed by atoms with Gasteiger partial charge in [-0.05, 0) is 38.5 Å². The van der Waals surface area contributed by atoms with E-state index in [2.05, 4.69) is 26.0 Å². The highest BCUT2D eigenvalue weighted by Gasteiger charge is 2.21. The van der Waals surface area contributed by atoms with Gasteiger partial charge in [0.1, 0.15) is 19.8 Å². The quantitative estimate of drug-likeness (QED) is 0.0197. The van der Waals surface area contributed by atoms with E-state index in [0.29, 0.717) is 17.4 Å². The van der Waals surface area contributed by atoms with Gasteiger partial charge in [0, 0.05) is 12.8 Å². The summed E-state index contributed by atoms with van der Waals surface area (Å²) in [5.41, 5.74) is 0. The summed E-state index contributed by atoms with van der Waals surface area (Å²) in [6, 6.07) is 0. The van der Waals surface area contributed by atoms with Crippen LogP contribution >= 0.6 is 7.82 Å². The zero-order valence-corrected chi connectivity index (χ0v) is 38.2. The largest absolute Gasteiger partial charge is 0.756 e. The van der Waals surface area contributed by atoms with Gasteiger partial charge in [0.25, 0.3) is 7.82 Å². The Morgan fingerprint density at radius 1 is 0.536 bits per heavy atom. The average Bonchev–Trinajstić information content (AvgIpc) is 3.15. The van der Waals surface area contributed by atoms with Gasteiger partial charge >= 0.3 is 11.9 Å². The Hall–Kier alpha value is -1.25. The van der Waals surface area contributed by atoms with Gasteiger partial charge < -0.3 is 27.9 Å². The molecule has 0 rings (SSSR count). The number of carbonyl (C=O) groups is 2. The number of ether oxygens (including phenoxy) is 2. The number of likely N-dealkylation sites (N-methyl/N-ethyl adjacent to an activating group) is 1.